The smallest absolute Gasteiger partial charge is 0.244 e. The second-order valence-corrected chi connectivity index (χ2v) is 8.73. The molecule has 3 atom stereocenters. The summed E-state index contributed by atoms with van der Waals surface area (Å²) in [6, 6.07) is 3.68. The molecule has 4 nitrogen and oxygen atoms in total. The maximum atomic E-state index is 12.3. The van der Waals surface area contributed by atoms with Crippen molar-refractivity contribution in [2.45, 2.75) is 32.6 Å². The number of hydrogen-bond donors (Lipinski definition) is 2. The number of aromatic hydroxyl groups is 1. The lowest BCUT2D eigenvalue weighted by molar-refractivity contribution is -0.123. The van der Waals surface area contributed by atoms with Crippen LogP contribution < -0.4 is 5.43 Å². The summed E-state index contributed by atoms with van der Waals surface area (Å²) >= 11 is 4.16. The molecular formula is C16H18I2N2O2. The maximum absolute atomic E-state index is 12.3. The Morgan fingerprint density at radius 3 is 2.68 bits per heavy atom. The number of nitrogens with zero attached hydrogens (tertiary/aromatic N) is 1. The zero-order valence-corrected chi connectivity index (χ0v) is 16.6. The molecule has 0 spiro atoms. The van der Waals surface area contributed by atoms with Gasteiger partial charge in [-0.05, 0) is 87.1 Å². The predicted molar refractivity (Wildman–Crippen MR) is 103 cm³/mol. The molecule has 0 saturated heterocycles. The van der Waals surface area contributed by atoms with Gasteiger partial charge in [-0.3, -0.25) is 4.79 Å². The number of carbonyl (C=O) groups is 1. The van der Waals surface area contributed by atoms with E-state index in [-0.39, 0.29) is 23.0 Å². The van der Waals surface area contributed by atoms with E-state index in [0.29, 0.717) is 5.92 Å². The Morgan fingerprint density at radius 2 is 2.09 bits per heavy atom. The minimum atomic E-state index is 0.0498. The summed E-state index contributed by atoms with van der Waals surface area (Å²) < 4.78 is 1.55. The number of fused-ring (bicyclic) bond motifs is 1. The third-order valence-corrected chi connectivity index (χ3v) is 6.69. The average molecular weight is 524 g/mol. The van der Waals surface area contributed by atoms with Crippen LogP contribution >= 0.6 is 45.2 Å². The Hall–Kier alpha value is -0.380. The first-order chi connectivity index (χ1) is 10.4. The highest BCUT2D eigenvalue weighted by Gasteiger charge is 2.64. The van der Waals surface area contributed by atoms with Crippen molar-refractivity contribution in [2.75, 3.05) is 0 Å². The number of phenols is 1. The zero-order valence-electron chi connectivity index (χ0n) is 12.3. The van der Waals surface area contributed by atoms with Crippen molar-refractivity contribution in [3.8, 4) is 5.75 Å². The molecule has 0 heterocycles. The fourth-order valence-corrected chi connectivity index (χ4v) is 5.57. The van der Waals surface area contributed by atoms with Gasteiger partial charge < -0.3 is 5.11 Å². The number of hydrogen-bond acceptors (Lipinski definition) is 3. The van der Waals surface area contributed by atoms with E-state index in [0.717, 1.165) is 19.1 Å². The third kappa shape index (κ3) is 3.00. The van der Waals surface area contributed by atoms with Gasteiger partial charge in [0, 0.05) is 5.92 Å². The Kier molecular flexibility index (Phi) is 4.69. The molecule has 3 rings (SSSR count). The van der Waals surface area contributed by atoms with Crippen molar-refractivity contribution in [1.29, 1.82) is 0 Å². The summed E-state index contributed by atoms with van der Waals surface area (Å²) in [5, 5.41) is 13.8. The average Bonchev–Trinajstić information content (AvgIpc) is 3.10. The minimum absolute atomic E-state index is 0.0498. The van der Waals surface area contributed by atoms with E-state index < -0.39 is 0 Å². The first-order valence-corrected chi connectivity index (χ1v) is 9.60. The van der Waals surface area contributed by atoms with Crippen molar-refractivity contribution in [2.24, 2.45) is 22.4 Å². The monoisotopic (exact) mass is 524 g/mol. The normalized spacial score (nSPS) is 30.1. The summed E-state index contributed by atoms with van der Waals surface area (Å²) in [7, 11) is 0. The van der Waals surface area contributed by atoms with E-state index in [2.05, 4.69) is 62.6 Å². The Bertz CT molecular complexity index is 624. The van der Waals surface area contributed by atoms with Crippen LogP contribution in [0.4, 0.5) is 0 Å². The molecule has 118 valence electrons. The largest absolute Gasteiger partial charge is 0.506 e. The molecular weight excluding hydrogens is 506 g/mol. The van der Waals surface area contributed by atoms with Crippen molar-refractivity contribution in [3.05, 3.63) is 24.8 Å². The van der Waals surface area contributed by atoms with Gasteiger partial charge in [0.05, 0.1) is 13.4 Å². The highest BCUT2D eigenvalue weighted by Crippen LogP contribution is 2.66. The van der Waals surface area contributed by atoms with Crippen LogP contribution in [-0.4, -0.2) is 17.2 Å². The van der Waals surface area contributed by atoms with Crippen molar-refractivity contribution >= 4 is 57.3 Å². The van der Waals surface area contributed by atoms with E-state index in [4.69, 9.17) is 0 Å². The molecule has 2 aliphatic carbocycles. The number of amides is 1. The number of carbonyl (C=O) groups excluding carboxylic acids is 1. The fourth-order valence-electron chi connectivity index (χ4n) is 3.75. The topological polar surface area (TPSA) is 61.7 Å². The minimum Gasteiger partial charge on any atom is -0.506 e. The zero-order chi connectivity index (χ0) is 15.9. The molecule has 6 heteroatoms. The van der Waals surface area contributed by atoms with Crippen LogP contribution in [0.15, 0.2) is 17.2 Å². The van der Waals surface area contributed by atoms with Crippen LogP contribution in [0.2, 0.25) is 0 Å². The Balaban J connectivity index is 1.62. The second-order valence-electron chi connectivity index (χ2n) is 6.40. The predicted octanol–water partition coefficient (Wildman–Crippen LogP) is 3.88. The summed E-state index contributed by atoms with van der Waals surface area (Å²) in [4.78, 5) is 12.3. The van der Waals surface area contributed by atoms with Crippen LogP contribution in [0.3, 0.4) is 0 Å². The van der Waals surface area contributed by atoms with E-state index in [9.17, 15) is 9.90 Å². The number of rotatable bonds is 3. The number of halogens is 2. The first-order valence-electron chi connectivity index (χ1n) is 7.44. The third-order valence-electron chi connectivity index (χ3n) is 5.04. The number of phenolic OH excluding ortho intramolecular Hbond substituents is 1. The lowest BCUT2D eigenvalue weighted by atomic mass is 9.90. The molecule has 2 aliphatic rings. The van der Waals surface area contributed by atoms with E-state index >= 15 is 0 Å². The lowest BCUT2D eigenvalue weighted by Gasteiger charge is -2.15. The SMILES string of the molecule is C[C@]12CCCC[C@H]1[C@@H]2C(=O)N/N=C\c1cc(I)c(O)c(I)c1. The van der Waals surface area contributed by atoms with Crippen LogP contribution in [-0.2, 0) is 4.79 Å². The van der Waals surface area contributed by atoms with Crippen LogP contribution in [0.1, 0.15) is 38.2 Å². The summed E-state index contributed by atoms with van der Waals surface area (Å²) in [5.41, 5.74) is 3.77. The maximum Gasteiger partial charge on any atom is 0.244 e. The fraction of sp³-hybridized carbons (Fsp3) is 0.500. The highest BCUT2D eigenvalue weighted by molar-refractivity contribution is 14.1. The number of hydrazone groups is 1. The van der Waals surface area contributed by atoms with Gasteiger partial charge in [0.1, 0.15) is 5.75 Å². The number of benzene rings is 1. The molecule has 0 aromatic heterocycles. The molecule has 0 radical (unpaired) electrons. The van der Waals surface area contributed by atoms with Gasteiger partial charge in [0.15, 0.2) is 0 Å². The van der Waals surface area contributed by atoms with E-state index in [1.54, 1.807) is 6.21 Å². The van der Waals surface area contributed by atoms with Crippen molar-refractivity contribution < 1.29 is 9.90 Å². The number of nitrogens with one attached hydrogen (secondary N) is 1. The summed E-state index contributed by atoms with van der Waals surface area (Å²) in [5.74, 6) is 1.02. The summed E-state index contributed by atoms with van der Waals surface area (Å²) in [6.07, 6.45) is 6.46. The highest BCUT2D eigenvalue weighted by atomic mass is 127. The van der Waals surface area contributed by atoms with Crippen LogP contribution in [0.5, 0.6) is 5.75 Å². The molecule has 2 saturated carbocycles. The van der Waals surface area contributed by atoms with Gasteiger partial charge in [-0.15, -0.1) is 0 Å². The van der Waals surface area contributed by atoms with Gasteiger partial charge in [-0.25, -0.2) is 5.43 Å². The molecule has 1 amide bonds. The summed E-state index contributed by atoms with van der Waals surface area (Å²) in [6.45, 7) is 2.23. The van der Waals surface area contributed by atoms with Gasteiger partial charge >= 0.3 is 0 Å². The molecule has 2 fully saturated rings. The molecule has 0 aliphatic heterocycles. The van der Waals surface area contributed by atoms with Crippen molar-refractivity contribution in [1.82, 2.24) is 5.43 Å². The van der Waals surface area contributed by atoms with Gasteiger partial charge in [-0.2, -0.15) is 5.10 Å². The van der Waals surface area contributed by atoms with E-state index in [1.165, 1.54) is 19.3 Å². The first kappa shape index (κ1) is 16.5. The molecule has 22 heavy (non-hydrogen) atoms. The van der Waals surface area contributed by atoms with E-state index in [1.807, 2.05) is 12.1 Å². The molecule has 0 unspecified atom stereocenters. The molecule has 0 bridgehead atoms. The van der Waals surface area contributed by atoms with Gasteiger partial charge in [0.2, 0.25) is 5.91 Å². The molecule has 1 aromatic carbocycles. The quantitative estimate of drug-likeness (QED) is 0.359. The van der Waals surface area contributed by atoms with Crippen molar-refractivity contribution in [3.63, 3.8) is 0 Å². The molecule has 1 aromatic rings. The van der Waals surface area contributed by atoms with Crippen LogP contribution in [0, 0.1) is 24.4 Å². The van der Waals surface area contributed by atoms with Crippen LogP contribution in [0.25, 0.3) is 0 Å². The second kappa shape index (κ2) is 6.26. The lowest BCUT2D eigenvalue weighted by Crippen LogP contribution is -2.22. The van der Waals surface area contributed by atoms with Gasteiger partial charge in [0.25, 0.3) is 0 Å². The van der Waals surface area contributed by atoms with Gasteiger partial charge in [-0.1, -0.05) is 19.8 Å². The standard InChI is InChI=1S/C16H18I2N2O2/c1-16-5-3-2-4-10(16)13(16)15(22)20-19-8-9-6-11(17)14(21)12(18)7-9/h6-8,10,13,21H,2-5H2,1H3,(H,20,22)/b19-8-/t10-,13+,16-/m0/s1. The Morgan fingerprint density at radius 1 is 1.41 bits per heavy atom. The Labute approximate surface area is 157 Å². The molecule has 2 N–H and O–H groups in total.